The lowest BCUT2D eigenvalue weighted by Crippen LogP contribution is -2.62. The van der Waals surface area contributed by atoms with Gasteiger partial charge in [-0.1, -0.05) is 43.0 Å². The average Bonchev–Trinajstić information content (AvgIpc) is 3.23. The number of piperidine rings is 1. The van der Waals surface area contributed by atoms with Crippen LogP contribution in [-0.2, 0) is 4.79 Å². The van der Waals surface area contributed by atoms with Gasteiger partial charge in [-0.15, -0.1) is 0 Å². The number of nitrogens with one attached hydrogen (secondary N) is 1. The summed E-state index contributed by atoms with van der Waals surface area (Å²) in [5.41, 5.74) is 1.38. The van der Waals surface area contributed by atoms with Crippen LogP contribution in [-0.4, -0.2) is 66.1 Å². The first-order valence-electron chi connectivity index (χ1n) is 11.6. The fourth-order valence-corrected chi connectivity index (χ4v) is 4.72. The van der Waals surface area contributed by atoms with Crippen LogP contribution in [0.3, 0.4) is 0 Å². The van der Waals surface area contributed by atoms with Crippen molar-refractivity contribution in [3.63, 3.8) is 0 Å². The van der Waals surface area contributed by atoms with Crippen molar-refractivity contribution in [1.82, 2.24) is 20.2 Å². The Balaban J connectivity index is 1.53. The van der Waals surface area contributed by atoms with Gasteiger partial charge in [-0.05, 0) is 54.5 Å². The second-order valence-corrected chi connectivity index (χ2v) is 8.39. The molecular weight excluding hydrogens is 414 g/mol. The Morgan fingerprint density at radius 2 is 1.52 bits per heavy atom. The van der Waals surface area contributed by atoms with Crippen LogP contribution in [0.5, 0.6) is 0 Å². The third-order valence-corrected chi connectivity index (χ3v) is 6.57. The predicted molar refractivity (Wildman–Crippen MR) is 131 cm³/mol. The molecule has 1 N–H and O–H groups in total. The molecule has 0 atom stereocenters. The number of carbonyl (C=O) groups is 1. The van der Waals surface area contributed by atoms with Gasteiger partial charge in [0, 0.05) is 44.6 Å². The standard InChI is InChI=1S/C25H33N7O/c1-4-30-21(2)31(28-27-30)20-19-29-17-15-25(16-18-29,24(33)26-3)32(22-11-7-5-8-12-22)23-13-9-6-10-14-23/h5-14H,2,4,15-20H2,1,3H3,(H,26,33). The van der Waals surface area contributed by atoms with E-state index in [1.54, 1.807) is 12.1 Å². The Labute approximate surface area is 196 Å². The van der Waals surface area contributed by atoms with Crippen LogP contribution in [0.2, 0.25) is 0 Å². The van der Waals surface area contributed by atoms with E-state index >= 15 is 0 Å². The summed E-state index contributed by atoms with van der Waals surface area (Å²) in [4.78, 5) is 18.1. The minimum absolute atomic E-state index is 0.0511. The van der Waals surface area contributed by atoms with Crippen molar-refractivity contribution in [3.05, 3.63) is 73.1 Å². The van der Waals surface area contributed by atoms with Crippen LogP contribution in [0, 0.1) is 0 Å². The monoisotopic (exact) mass is 447 g/mol. The molecule has 0 radical (unpaired) electrons. The molecule has 2 aliphatic rings. The molecule has 0 bridgehead atoms. The maximum atomic E-state index is 13.4. The fourth-order valence-electron chi connectivity index (χ4n) is 4.72. The molecule has 0 unspecified atom stereocenters. The molecule has 1 amide bonds. The van der Waals surface area contributed by atoms with Crippen molar-refractivity contribution in [3.8, 4) is 0 Å². The highest BCUT2D eigenvalue weighted by molar-refractivity contribution is 5.93. The highest BCUT2D eigenvalue weighted by Crippen LogP contribution is 2.39. The van der Waals surface area contributed by atoms with Gasteiger partial charge in [0.05, 0.1) is 6.54 Å². The van der Waals surface area contributed by atoms with Crippen molar-refractivity contribution in [2.45, 2.75) is 25.3 Å². The Kier molecular flexibility index (Phi) is 6.93. The maximum absolute atomic E-state index is 13.4. The topological polar surface area (TPSA) is 66.8 Å². The molecule has 1 saturated heterocycles. The Morgan fingerprint density at radius 3 is 2.00 bits per heavy atom. The third-order valence-electron chi connectivity index (χ3n) is 6.57. The molecule has 0 saturated carbocycles. The molecule has 8 nitrogen and oxygen atoms in total. The van der Waals surface area contributed by atoms with Crippen molar-refractivity contribution in [2.75, 3.05) is 44.7 Å². The number of para-hydroxylation sites is 2. The van der Waals surface area contributed by atoms with Gasteiger partial charge in [0.1, 0.15) is 11.4 Å². The van der Waals surface area contributed by atoms with Gasteiger partial charge in [0.2, 0.25) is 5.91 Å². The van der Waals surface area contributed by atoms with E-state index in [2.05, 4.69) is 56.4 Å². The van der Waals surface area contributed by atoms with Gasteiger partial charge >= 0.3 is 0 Å². The summed E-state index contributed by atoms with van der Waals surface area (Å²) < 4.78 is 0. The van der Waals surface area contributed by atoms with E-state index in [0.29, 0.717) is 0 Å². The zero-order valence-corrected chi connectivity index (χ0v) is 19.5. The molecule has 0 spiro atoms. The summed E-state index contributed by atoms with van der Waals surface area (Å²) in [6.45, 7) is 10.1. The number of carbonyl (C=O) groups excluding carboxylic acids is 1. The van der Waals surface area contributed by atoms with Crippen molar-refractivity contribution in [2.24, 2.45) is 10.4 Å². The molecular formula is C25H33N7O. The van der Waals surface area contributed by atoms with Crippen molar-refractivity contribution >= 4 is 17.3 Å². The summed E-state index contributed by atoms with van der Waals surface area (Å²) >= 11 is 0. The number of rotatable bonds is 8. The first-order chi connectivity index (χ1) is 16.1. The Bertz CT molecular complexity index is 931. The van der Waals surface area contributed by atoms with E-state index in [0.717, 1.165) is 62.8 Å². The third kappa shape index (κ3) is 4.57. The van der Waals surface area contributed by atoms with Gasteiger partial charge in [-0.2, -0.15) is 0 Å². The predicted octanol–water partition coefficient (Wildman–Crippen LogP) is 3.80. The smallest absolute Gasteiger partial charge is 0.246 e. The zero-order valence-electron chi connectivity index (χ0n) is 19.5. The zero-order chi connectivity index (χ0) is 23.3. The molecule has 0 aromatic heterocycles. The summed E-state index contributed by atoms with van der Waals surface area (Å²) in [5.74, 6) is 0.865. The number of amides is 1. The maximum Gasteiger partial charge on any atom is 0.246 e. The Hall–Kier alpha value is -3.39. The lowest BCUT2D eigenvalue weighted by molar-refractivity contribution is -0.127. The quantitative estimate of drug-likeness (QED) is 0.667. The molecule has 8 heteroatoms. The van der Waals surface area contributed by atoms with Gasteiger partial charge in [-0.3, -0.25) is 4.79 Å². The van der Waals surface area contributed by atoms with Crippen LogP contribution in [0.25, 0.3) is 0 Å². The number of anilines is 2. The first kappa shape index (κ1) is 22.8. The largest absolute Gasteiger partial charge is 0.357 e. The van der Waals surface area contributed by atoms with E-state index in [4.69, 9.17) is 0 Å². The van der Waals surface area contributed by atoms with Gasteiger partial charge in [-0.25, -0.2) is 10.0 Å². The van der Waals surface area contributed by atoms with Crippen LogP contribution in [0.1, 0.15) is 19.8 Å². The second kappa shape index (κ2) is 10.0. The number of hydrogen-bond donors (Lipinski definition) is 1. The number of benzene rings is 2. The van der Waals surface area contributed by atoms with Crippen LogP contribution < -0.4 is 10.2 Å². The van der Waals surface area contributed by atoms with E-state index in [9.17, 15) is 4.79 Å². The molecule has 2 heterocycles. The molecule has 2 aliphatic heterocycles. The van der Waals surface area contributed by atoms with E-state index < -0.39 is 5.54 Å². The normalized spacial score (nSPS) is 17.9. The average molecular weight is 448 g/mol. The summed E-state index contributed by atoms with van der Waals surface area (Å²) in [6, 6.07) is 20.4. The summed E-state index contributed by atoms with van der Waals surface area (Å²) in [5, 5.41) is 15.0. The SMILES string of the molecule is C=C1N(CC)N=NN1CCN1CCC(C(=O)NC)(N(c2ccccc2)c2ccccc2)CC1. The molecule has 0 aliphatic carbocycles. The number of hydrogen-bond acceptors (Lipinski definition) is 7. The lowest BCUT2D eigenvalue weighted by atomic mass is 9.83. The highest BCUT2D eigenvalue weighted by atomic mass is 16.2. The Morgan fingerprint density at radius 1 is 0.970 bits per heavy atom. The number of nitrogens with zero attached hydrogens (tertiary/aromatic N) is 6. The van der Waals surface area contributed by atoms with Crippen LogP contribution in [0.15, 0.2) is 83.5 Å². The summed E-state index contributed by atoms with van der Waals surface area (Å²) in [6.07, 6.45) is 1.44. The molecule has 174 valence electrons. The van der Waals surface area contributed by atoms with E-state index in [1.807, 2.05) is 48.3 Å². The molecule has 2 aromatic rings. The van der Waals surface area contributed by atoms with Gasteiger partial charge in [0.25, 0.3) is 0 Å². The molecule has 1 fully saturated rings. The fraction of sp³-hybridized carbons (Fsp3) is 0.400. The first-order valence-corrected chi connectivity index (χ1v) is 11.6. The molecule has 33 heavy (non-hydrogen) atoms. The highest BCUT2D eigenvalue weighted by Gasteiger charge is 2.46. The molecule has 4 rings (SSSR count). The molecule has 2 aromatic carbocycles. The van der Waals surface area contributed by atoms with Gasteiger partial charge < -0.3 is 15.1 Å². The van der Waals surface area contributed by atoms with E-state index in [-0.39, 0.29) is 5.91 Å². The minimum Gasteiger partial charge on any atom is -0.357 e. The van der Waals surface area contributed by atoms with Crippen LogP contribution >= 0.6 is 0 Å². The van der Waals surface area contributed by atoms with E-state index in [1.165, 1.54) is 0 Å². The van der Waals surface area contributed by atoms with Crippen molar-refractivity contribution < 1.29 is 4.79 Å². The second-order valence-electron chi connectivity index (χ2n) is 8.39. The number of likely N-dealkylation sites (tertiary alicyclic amines) is 1. The van der Waals surface area contributed by atoms with Crippen LogP contribution in [0.4, 0.5) is 11.4 Å². The van der Waals surface area contributed by atoms with Crippen molar-refractivity contribution in [1.29, 1.82) is 0 Å². The lowest BCUT2D eigenvalue weighted by Gasteiger charge is -2.48. The minimum atomic E-state index is -0.663. The number of likely N-dealkylation sites (N-methyl/N-ethyl adjacent to an activating group) is 1. The van der Waals surface area contributed by atoms with Gasteiger partial charge in [0.15, 0.2) is 0 Å². The summed E-state index contributed by atoms with van der Waals surface area (Å²) in [7, 11) is 1.73.